The summed E-state index contributed by atoms with van der Waals surface area (Å²) in [6.45, 7) is 0.788. The number of pyridine rings is 1. The molecule has 126 valence electrons. The second-order valence-electron chi connectivity index (χ2n) is 7.10. The molecule has 0 bridgehead atoms. The standard InChI is InChI=1S/C18H27N3O2/c1-21(2)11-16-15(13-6-7-14(10-13)23-3)8-9-17(19-16)20-18(22)12-4-5-12/h8-9,12-14H,4-7,10-11H2,1-3H3,(H,19,20,22). The average molecular weight is 317 g/mol. The summed E-state index contributed by atoms with van der Waals surface area (Å²) in [5.74, 6) is 1.51. The number of hydrogen-bond acceptors (Lipinski definition) is 4. The maximum Gasteiger partial charge on any atom is 0.228 e. The van der Waals surface area contributed by atoms with E-state index in [0.717, 1.165) is 44.3 Å². The van der Waals surface area contributed by atoms with E-state index in [1.165, 1.54) is 5.56 Å². The zero-order valence-corrected chi connectivity index (χ0v) is 14.3. The molecule has 2 aliphatic rings. The van der Waals surface area contributed by atoms with Crippen molar-refractivity contribution in [1.29, 1.82) is 0 Å². The molecule has 1 aromatic heterocycles. The fourth-order valence-electron chi connectivity index (χ4n) is 3.39. The van der Waals surface area contributed by atoms with E-state index in [2.05, 4.69) is 16.3 Å². The molecule has 3 rings (SSSR count). The first-order valence-electron chi connectivity index (χ1n) is 8.55. The van der Waals surface area contributed by atoms with Gasteiger partial charge in [-0.1, -0.05) is 6.07 Å². The van der Waals surface area contributed by atoms with Gasteiger partial charge in [0, 0.05) is 19.6 Å². The Kier molecular flexibility index (Phi) is 4.97. The molecule has 0 spiro atoms. The summed E-state index contributed by atoms with van der Waals surface area (Å²) in [4.78, 5) is 18.8. The van der Waals surface area contributed by atoms with Gasteiger partial charge in [-0.15, -0.1) is 0 Å². The van der Waals surface area contributed by atoms with E-state index in [1.807, 2.05) is 20.2 Å². The molecule has 23 heavy (non-hydrogen) atoms. The number of rotatable bonds is 6. The smallest absolute Gasteiger partial charge is 0.228 e. The van der Waals surface area contributed by atoms with Crippen molar-refractivity contribution in [1.82, 2.24) is 9.88 Å². The molecular weight excluding hydrogens is 290 g/mol. The van der Waals surface area contributed by atoms with E-state index in [1.54, 1.807) is 7.11 Å². The Hall–Kier alpha value is -1.46. The van der Waals surface area contributed by atoms with Crippen LogP contribution in [-0.4, -0.2) is 43.1 Å². The lowest BCUT2D eigenvalue weighted by Crippen LogP contribution is -2.18. The Morgan fingerprint density at radius 2 is 2.09 bits per heavy atom. The molecule has 2 aliphatic carbocycles. The molecule has 0 saturated heterocycles. The lowest BCUT2D eigenvalue weighted by atomic mass is 9.95. The van der Waals surface area contributed by atoms with Gasteiger partial charge in [-0.2, -0.15) is 0 Å². The highest BCUT2D eigenvalue weighted by molar-refractivity contribution is 5.93. The van der Waals surface area contributed by atoms with Crippen molar-refractivity contribution >= 4 is 11.7 Å². The van der Waals surface area contributed by atoms with E-state index in [-0.39, 0.29) is 11.8 Å². The van der Waals surface area contributed by atoms with Gasteiger partial charge in [0.15, 0.2) is 0 Å². The summed E-state index contributed by atoms with van der Waals surface area (Å²) in [7, 11) is 5.89. The van der Waals surface area contributed by atoms with Crippen molar-refractivity contribution in [2.75, 3.05) is 26.5 Å². The van der Waals surface area contributed by atoms with E-state index >= 15 is 0 Å². The zero-order chi connectivity index (χ0) is 16.4. The minimum atomic E-state index is 0.112. The molecule has 2 fully saturated rings. The third-order valence-electron chi connectivity index (χ3n) is 4.83. The summed E-state index contributed by atoms with van der Waals surface area (Å²) >= 11 is 0. The first kappa shape index (κ1) is 16.4. The van der Waals surface area contributed by atoms with Crippen molar-refractivity contribution < 1.29 is 9.53 Å². The van der Waals surface area contributed by atoms with Crippen LogP contribution in [0.5, 0.6) is 0 Å². The Bertz CT molecular complexity index is 569. The maximum atomic E-state index is 12.0. The zero-order valence-electron chi connectivity index (χ0n) is 14.3. The van der Waals surface area contributed by atoms with Crippen LogP contribution in [0.25, 0.3) is 0 Å². The highest BCUT2D eigenvalue weighted by atomic mass is 16.5. The number of amides is 1. The van der Waals surface area contributed by atoms with Crippen molar-refractivity contribution in [3.05, 3.63) is 23.4 Å². The fraction of sp³-hybridized carbons (Fsp3) is 0.667. The quantitative estimate of drug-likeness (QED) is 0.876. The second-order valence-corrected chi connectivity index (χ2v) is 7.10. The van der Waals surface area contributed by atoms with E-state index < -0.39 is 0 Å². The number of carbonyl (C=O) groups excluding carboxylic acids is 1. The predicted molar refractivity (Wildman–Crippen MR) is 90.4 cm³/mol. The minimum absolute atomic E-state index is 0.112. The lowest BCUT2D eigenvalue weighted by Gasteiger charge is -2.19. The molecule has 1 heterocycles. The summed E-state index contributed by atoms with van der Waals surface area (Å²) < 4.78 is 5.51. The van der Waals surface area contributed by atoms with Crippen LogP contribution in [0, 0.1) is 5.92 Å². The second kappa shape index (κ2) is 6.97. The van der Waals surface area contributed by atoms with Gasteiger partial charge in [0.25, 0.3) is 0 Å². The van der Waals surface area contributed by atoms with E-state index in [4.69, 9.17) is 9.72 Å². The minimum Gasteiger partial charge on any atom is -0.381 e. The molecule has 0 radical (unpaired) electrons. The molecule has 0 aromatic carbocycles. The SMILES string of the molecule is COC1CCC(c2ccc(NC(=O)C3CC3)nc2CN(C)C)C1. The molecular formula is C18H27N3O2. The van der Waals surface area contributed by atoms with E-state index in [9.17, 15) is 4.79 Å². The molecule has 1 N–H and O–H groups in total. The van der Waals surface area contributed by atoms with Gasteiger partial charge >= 0.3 is 0 Å². The van der Waals surface area contributed by atoms with Gasteiger partial charge in [0.1, 0.15) is 5.82 Å². The first-order valence-corrected chi connectivity index (χ1v) is 8.55. The molecule has 1 amide bonds. The van der Waals surface area contributed by atoms with Gasteiger partial charge < -0.3 is 15.0 Å². The monoisotopic (exact) mass is 317 g/mol. The van der Waals surface area contributed by atoms with Gasteiger partial charge in [-0.25, -0.2) is 4.98 Å². The first-order chi connectivity index (χ1) is 11.1. The number of aromatic nitrogens is 1. The lowest BCUT2D eigenvalue weighted by molar-refractivity contribution is -0.117. The topological polar surface area (TPSA) is 54.5 Å². The number of nitrogens with zero attached hydrogens (tertiary/aromatic N) is 2. The van der Waals surface area contributed by atoms with Crippen LogP contribution in [0.1, 0.15) is 49.3 Å². The van der Waals surface area contributed by atoms with Crippen molar-refractivity contribution in [2.24, 2.45) is 5.92 Å². The number of nitrogens with one attached hydrogen (secondary N) is 1. The number of carbonyl (C=O) groups is 1. The number of hydrogen-bond donors (Lipinski definition) is 1. The number of anilines is 1. The van der Waals surface area contributed by atoms with Gasteiger partial charge in [-0.3, -0.25) is 4.79 Å². The van der Waals surface area contributed by atoms with Crippen LogP contribution in [0.4, 0.5) is 5.82 Å². The van der Waals surface area contributed by atoms with E-state index in [0.29, 0.717) is 17.8 Å². The molecule has 1 aromatic rings. The van der Waals surface area contributed by atoms with Gasteiger partial charge in [0.2, 0.25) is 5.91 Å². The molecule has 2 unspecified atom stereocenters. The van der Waals surface area contributed by atoms with Crippen LogP contribution in [0.15, 0.2) is 12.1 Å². The summed E-state index contributed by atoms with van der Waals surface area (Å²) in [5.41, 5.74) is 2.38. The summed E-state index contributed by atoms with van der Waals surface area (Å²) in [5, 5.41) is 2.96. The van der Waals surface area contributed by atoms with Crippen molar-refractivity contribution in [3.8, 4) is 0 Å². The van der Waals surface area contributed by atoms with Crippen LogP contribution in [0.2, 0.25) is 0 Å². The fourth-order valence-corrected chi connectivity index (χ4v) is 3.39. The largest absolute Gasteiger partial charge is 0.381 e. The van der Waals surface area contributed by atoms with Crippen LogP contribution >= 0.6 is 0 Å². The molecule has 0 aliphatic heterocycles. The number of ether oxygens (including phenoxy) is 1. The molecule has 5 heteroatoms. The summed E-state index contributed by atoms with van der Waals surface area (Å²) in [6, 6.07) is 4.10. The van der Waals surface area contributed by atoms with Crippen molar-refractivity contribution in [3.63, 3.8) is 0 Å². The highest BCUT2D eigenvalue weighted by Crippen LogP contribution is 2.37. The molecule has 5 nitrogen and oxygen atoms in total. The Morgan fingerprint density at radius 3 is 2.70 bits per heavy atom. The number of methoxy groups -OCH3 is 1. The Morgan fingerprint density at radius 1 is 1.30 bits per heavy atom. The maximum absolute atomic E-state index is 12.0. The van der Waals surface area contributed by atoms with Crippen molar-refractivity contribution in [2.45, 2.75) is 50.7 Å². The molecule has 2 atom stereocenters. The predicted octanol–water partition coefficient (Wildman–Crippen LogP) is 2.77. The third kappa shape index (κ3) is 4.09. The van der Waals surface area contributed by atoms with Gasteiger partial charge in [0.05, 0.1) is 11.8 Å². The normalized spacial score (nSPS) is 24.2. The highest BCUT2D eigenvalue weighted by Gasteiger charge is 2.31. The molecule has 2 saturated carbocycles. The summed E-state index contributed by atoms with van der Waals surface area (Å²) in [6.07, 6.45) is 5.70. The average Bonchev–Trinajstić information content (AvgIpc) is 3.25. The van der Waals surface area contributed by atoms with Crippen LogP contribution in [0.3, 0.4) is 0 Å². The third-order valence-corrected chi connectivity index (χ3v) is 4.83. The van der Waals surface area contributed by atoms with Crippen LogP contribution in [-0.2, 0) is 16.1 Å². The Labute approximate surface area is 138 Å². The van der Waals surface area contributed by atoms with Gasteiger partial charge in [-0.05, 0) is 63.7 Å². The Balaban J connectivity index is 1.78. The van der Waals surface area contributed by atoms with Crippen LogP contribution < -0.4 is 5.32 Å².